The quantitative estimate of drug-likeness (QED) is 0.683. The van der Waals surface area contributed by atoms with Gasteiger partial charge in [0.05, 0.1) is 19.3 Å². The Morgan fingerprint density at radius 3 is 2.85 bits per heavy atom. The number of carbonyl (C=O) groups excluding carboxylic acids is 1. The van der Waals surface area contributed by atoms with Crippen LogP contribution in [0.3, 0.4) is 0 Å². The van der Waals surface area contributed by atoms with Crippen LogP contribution in [-0.4, -0.2) is 28.1 Å². The summed E-state index contributed by atoms with van der Waals surface area (Å²) in [5, 5.41) is 6.81. The predicted molar refractivity (Wildman–Crippen MR) is 103 cm³/mol. The van der Waals surface area contributed by atoms with Crippen molar-refractivity contribution in [3.8, 4) is 16.9 Å². The summed E-state index contributed by atoms with van der Waals surface area (Å²) in [6.07, 6.45) is 3.58. The number of rotatable bonds is 4. The molecule has 1 amide bonds. The minimum absolute atomic E-state index is 0.0429. The number of carbonyl (C=O) groups is 1. The third kappa shape index (κ3) is 2.80. The zero-order valence-electron chi connectivity index (χ0n) is 14.5. The highest BCUT2D eigenvalue weighted by Gasteiger charge is 2.33. The Kier molecular flexibility index (Phi) is 4.28. The zero-order chi connectivity index (χ0) is 18.3. The maximum absolute atomic E-state index is 13.1. The lowest BCUT2D eigenvalue weighted by Gasteiger charge is -2.25. The largest absolute Gasteiger partial charge is 0.497 e. The summed E-state index contributed by atoms with van der Waals surface area (Å²) in [7, 11) is 1.65. The molecule has 132 valence electrons. The number of fused-ring (bicyclic) bond motifs is 1. The lowest BCUT2D eigenvalue weighted by Crippen LogP contribution is -2.27. The van der Waals surface area contributed by atoms with Gasteiger partial charge in [-0.3, -0.25) is 9.89 Å². The van der Waals surface area contributed by atoms with Gasteiger partial charge in [0.15, 0.2) is 0 Å². The van der Waals surface area contributed by atoms with Gasteiger partial charge in [0.1, 0.15) is 5.75 Å². The molecule has 0 saturated heterocycles. The van der Waals surface area contributed by atoms with Gasteiger partial charge in [0, 0.05) is 28.3 Å². The van der Waals surface area contributed by atoms with E-state index in [0.29, 0.717) is 6.54 Å². The number of ether oxygens (including phenoxy) is 1. The second-order valence-corrected chi connectivity index (χ2v) is 7.21. The van der Waals surface area contributed by atoms with Gasteiger partial charge >= 0.3 is 0 Å². The lowest BCUT2D eigenvalue weighted by molar-refractivity contribution is 0.0715. The van der Waals surface area contributed by atoms with Gasteiger partial charge in [-0.05, 0) is 47.9 Å². The van der Waals surface area contributed by atoms with Crippen molar-refractivity contribution in [3.05, 3.63) is 70.0 Å². The second kappa shape index (κ2) is 6.61. The van der Waals surface area contributed by atoms with Crippen molar-refractivity contribution in [2.24, 2.45) is 0 Å². The van der Waals surface area contributed by atoms with Crippen LogP contribution in [0.25, 0.3) is 11.1 Å². The van der Waals surface area contributed by atoms with E-state index in [2.05, 4.69) is 26.1 Å². The van der Waals surface area contributed by atoms with Crippen molar-refractivity contribution in [1.82, 2.24) is 15.1 Å². The van der Waals surface area contributed by atoms with Gasteiger partial charge in [-0.1, -0.05) is 28.1 Å². The molecule has 0 aliphatic carbocycles. The molecule has 3 aromatic rings. The summed E-state index contributed by atoms with van der Waals surface area (Å²) in [6, 6.07) is 11.8. The van der Waals surface area contributed by atoms with Crippen molar-refractivity contribution in [3.63, 3.8) is 0 Å². The summed E-state index contributed by atoms with van der Waals surface area (Å²) in [5.74, 6) is 0.836. The number of amides is 1. The number of hydrogen-bond acceptors (Lipinski definition) is 3. The molecular formula is C20H18BrN3O2. The molecule has 0 fully saturated rings. The first-order chi connectivity index (χ1) is 12.6. The third-order valence-corrected chi connectivity index (χ3v) is 5.60. The van der Waals surface area contributed by atoms with E-state index in [-0.39, 0.29) is 11.9 Å². The SMILES string of the molecule is COc1cccc([C@@H](C)N2Cc3c(Br)cc(-c4cn[nH]c4)cc3C2=O)c1. The van der Waals surface area contributed by atoms with Crippen LogP contribution >= 0.6 is 15.9 Å². The number of nitrogens with one attached hydrogen (secondary N) is 1. The highest BCUT2D eigenvalue weighted by Crippen LogP contribution is 2.38. The van der Waals surface area contributed by atoms with Gasteiger partial charge in [-0.15, -0.1) is 0 Å². The van der Waals surface area contributed by atoms with Gasteiger partial charge in [0.2, 0.25) is 0 Å². The summed E-state index contributed by atoms with van der Waals surface area (Å²) >= 11 is 3.64. The number of hydrogen-bond donors (Lipinski definition) is 1. The fourth-order valence-corrected chi connectivity index (χ4v) is 3.94. The molecule has 0 unspecified atom stereocenters. The summed E-state index contributed by atoms with van der Waals surface area (Å²) < 4.78 is 6.26. The molecular weight excluding hydrogens is 394 g/mol. The van der Waals surface area contributed by atoms with Gasteiger partial charge < -0.3 is 9.64 Å². The normalized spacial score (nSPS) is 14.4. The molecule has 1 aliphatic rings. The summed E-state index contributed by atoms with van der Waals surface area (Å²) in [4.78, 5) is 15.0. The Balaban J connectivity index is 1.68. The van der Waals surface area contributed by atoms with Crippen LogP contribution in [0.1, 0.15) is 34.5 Å². The van der Waals surface area contributed by atoms with Gasteiger partial charge in [0.25, 0.3) is 5.91 Å². The van der Waals surface area contributed by atoms with E-state index < -0.39 is 0 Å². The number of methoxy groups -OCH3 is 1. The molecule has 0 spiro atoms. The smallest absolute Gasteiger partial charge is 0.255 e. The number of halogens is 1. The fraction of sp³-hybridized carbons (Fsp3) is 0.200. The Hall–Kier alpha value is -2.60. The summed E-state index contributed by atoms with van der Waals surface area (Å²) in [5.41, 5.74) is 4.74. The first kappa shape index (κ1) is 16.8. The van der Waals surface area contributed by atoms with E-state index in [9.17, 15) is 4.79 Å². The predicted octanol–water partition coefficient (Wildman–Crippen LogP) is 4.56. The van der Waals surface area contributed by atoms with Crippen LogP contribution in [0.4, 0.5) is 0 Å². The number of aromatic amines is 1. The topological polar surface area (TPSA) is 58.2 Å². The zero-order valence-corrected chi connectivity index (χ0v) is 16.1. The number of aromatic nitrogens is 2. The van der Waals surface area contributed by atoms with Crippen LogP contribution in [0.5, 0.6) is 5.75 Å². The fourth-order valence-electron chi connectivity index (χ4n) is 3.35. The second-order valence-electron chi connectivity index (χ2n) is 6.36. The van der Waals surface area contributed by atoms with E-state index in [1.54, 1.807) is 13.3 Å². The summed E-state index contributed by atoms with van der Waals surface area (Å²) in [6.45, 7) is 2.63. The lowest BCUT2D eigenvalue weighted by atomic mass is 10.0. The monoisotopic (exact) mass is 411 g/mol. The molecule has 1 atom stereocenters. The van der Waals surface area contributed by atoms with Crippen molar-refractivity contribution < 1.29 is 9.53 Å². The minimum atomic E-state index is -0.0470. The van der Waals surface area contributed by atoms with Gasteiger partial charge in [-0.2, -0.15) is 5.10 Å². The van der Waals surface area contributed by atoms with Crippen LogP contribution in [0.15, 0.2) is 53.3 Å². The molecule has 2 heterocycles. The molecule has 1 aromatic heterocycles. The molecule has 0 saturated carbocycles. The van der Waals surface area contributed by atoms with Crippen LogP contribution < -0.4 is 4.74 Å². The van der Waals surface area contributed by atoms with Crippen molar-refractivity contribution in [2.45, 2.75) is 19.5 Å². The average Bonchev–Trinajstić information content (AvgIpc) is 3.30. The third-order valence-electron chi connectivity index (χ3n) is 4.89. The van der Waals surface area contributed by atoms with E-state index in [0.717, 1.165) is 38.0 Å². The first-order valence-corrected chi connectivity index (χ1v) is 9.14. The molecule has 0 radical (unpaired) electrons. The van der Waals surface area contributed by atoms with Crippen LogP contribution in [0.2, 0.25) is 0 Å². The van der Waals surface area contributed by atoms with E-state index >= 15 is 0 Å². The molecule has 1 aliphatic heterocycles. The van der Waals surface area contributed by atoms with E-state index in [4.69, 9.17) is 4.74 Å². The van der Waals surface area contributed by atoms with Crippen molar-refractivity contribution in [1.29, 1.82) is 0 Å². The van der Waals surface area contributed by atoms with Crippen LogP contribution in [-0.2, 0) is 6.54 Å². The van der Waals surface area contributed by atoms with Crippen molar-refractivity contribution in [2.75, 3.05) is 7.11 Å². The molecule has 2 aromatic carbocycles. The number of H-pyrrole nitrogens is 1. The van der Waals surface area contributed by atoms with E-state index in [1.165, 1.54) is 0 Å². The molecule has 26 heavy (non-hydrogen) atoms. The Labute approximate surface area is 160 Å². The Morgan fingerprint density at radius 1 is 1.27 bits per heavy atom. The standard InChI is InChI=1S/C20H18BrN3O2/c1-12(13-4-3-5-16(6-13)26-2)24-11-18-17(20(24)25)7-14(8-19(18)21)15-9-22-23-10-15/h3-10,12H,11H2,1-2H3,(H,22,23)/t12-/m1/s1. The number of nitrogens with zero attached hydrogens (tertiary/aromatic N) is 2. The average molecular weight is 412 g/mol. The molecule has 6 heteroatoms. The maximum Gasteiger partial charge on any atom is 0.255 e. The number of benzene rings is 2. The maximum atomic E-state index is 13.1. The first-order valence-electron chi connectivity index (χ1n) is 8.35. The Bertz CT molecular complexity index is 969. The molecule has 4 rings (SSSR count). The van der Waals surface area contributed by atoms with Crippen LogP contribution in [0, 0.1) is 0 Å². The molecule has 5 nitrogen and oxygen atoms in total. The van der Waals surface area contributed by atoms with Crippen molar-refractivity contribution >= 4 is 21.8 Å². The Morgan fingerprint density at radius 2 is 2.12 bits per heavy atom. The molecule has 0 bridgehead atoms. The molecule has 1 N–H and O–H groups in total. The highest BCUT2D eigenvalue weighted by atomic mass is 79.9. The van der Waals surface area contributed by atoms with Gasteiger partial charge in [-0.25, -0.2) is 0 Å². The highest BCUT2D eigenvalue weighted by molar-refractivity contribution is 9.10. The minimum Gasteiger partial charge on any atom is -0.497 e. The van der Waals surface area contributed by atoms with E-state index in [1.807, 2.05) is 54.4 Å².